The molecule has 1 aromatic carbocycles. The smallest absolute Gasteiger partial charge is 0.266 e. The molecule has 2 heterocycles. The van der Waals surface area contributed by atoms with Gasteiger partial charge in [0.05, 0.1) is 22.0 Å². The van der Waals surface area contributed by atoms with Crippen molar-refractivity contribution in [3.63, 3.8) is 0 Å². The number of alkyl halides is 3. The number of hydrogen-bond donors (Lipinski definition) is 1. The average molecular weight is 392 g/mol. The molecular formula is C19H16F4N4O. The van der Waals surface area contributed by atoms with Gasteiger partial charge in [0.25, 0.3) is 12.0 Å². The first kappa shape index (κ1) is 18.4. The first-order valence-corrected chi connectivity index (χ1v) is 8.68. The Bertz CT molecular complexity index is 1090. The molecule has 3 aromatic rings. The van der Waals surface area contributed by atoms with Gasteiger partial charge in [0.1, 0.15) is 24.6 Å². The summed E-state index contributed by atoms with van der Waals surface area (Å²) in [7, 11) is 0. The maximum absolute atomic E-state index is 14.2. The van der Waals surface area contributed by atoms with E-state index in [9.17, 15) is 22.4 Å². The van der Waals surface area contributed by atoms with Crippen LogP contribution in [0.1, 0.15) is 30.4 Å². The maximum Gasteiger partial charge on any atom is 0.266 e. The van der Waals surface area contributed by atoms with Gasteiger partial charge >= 0.3 is 0 Å². The normalized spacial score (nSPS) is 15.2. The molecule has 9 heteroatoms. The van der Waals surface area contributed by atoms with Gasteiger partial charge in [0, 0.05) is 24.4 Å². The van der Waals surface area contributed by atoms with Crippen LogP contribution in [-0.2, 0) is 12.1 Å². The molecule has 5 nitrogen and oxygen atoms in total. The lowest BCUT2D eigenvalue weighted by Gasteiger charge is -2.16. The predicted molar refractivity (Wildman–Crippen MR) is 95.7 cm³/mol. The van der Waals surface area contributed by atoms with E-state index in [1.165, 1.54) is 35.3 Å². The average Bonchev–Trinajstić information content (AvgIpc) is 3.47. The van der Waals surface area contributed by atoms with Gasteiger partial charge in [-0.25, -0.2) is 27.5 Å². The van der Waals surface area contributed by atoms with Crippen molar-refractivity contribution in [3.05, 3.63) is 64.1 Å². The standard InChI is InChI=1S/C19H16F4N4O/c20-9-19(4-5-19)27-8-13-14(6-15(27)28)25-10-26-18(13)24-7-11-2-1-3-12(16(11)21)17(22)23/h1-3,6,8,10,17H,4-5,7,9H2,(H,24,25,26). The van der Waals surface area contributed by atoms with Crippen LogP contribution in [0.3, 0.4) is 0 Å². The van der Waals surface area contributed by atoms with Crippen LogP contribution in [0.15, 0.2) is 41.6 Å². The van der Waals surface area contributed by atoms with Gasteiger partial charge in [0.2, 0.25) is 0 Å². The van der Waals surface area contributed by atoms with E-state index in [2.05, 4.69) is 15.3 Å². The van der Waals surface area contributed by atoms with Gasteiger partial charge in [-0.05, 0) is 12.8 Å². The number of aromatic nitrogens is 3. The van der Waals surface area contributed by atoms with Crippen molar-refractivity contribution in [2.24, 2.45) is 0 Å². The van der Waals surface area contributed by atoms with E-state index >= 15 is 0 Å². The second-order valence-electron chi connectivity index (χ2n) is 6.84. The Morgan fingerprint density at radius 3 is 2.71 bits per heavy atom. The lowest BCUT2D eigenvalue weighted by Crippen LogP contribution is -2.31. The van der Waals surface area contributed by atoms with E-state index in [1.54, 1.807) is 0 Å². The minimum Gasteiger partial charge on any atom is -0.365 e. The van der Waals surface area contributed by atoms with E-state index < -0.39 is 30.0 Å². The van der Waals surface area contributed by atoms with Crippen LogP contribution in [0.2, 0.25) is 0 Å². The van der Waals surface area contributed by atoms with Crippen LogP contribution in [-0.4, -0.2) is 21.2 Å². The predicted octanol–water partition coefficient (Wildman–Crippen LogP) is 3.94. The van der Waals surface area contributed by atoms with Crippen LogP contribution < -0.4 is 10.9 Å². The van der Waals surface area contributed by atoms with Crippen molar-refractivity contribution < 1.29 is 17.6 Å². The molecule has 0 saturated heterocycles. The quantitative estimate of drug-likeness (QED) is 0.646. The molecule has 1 aliphatic carbocycles. The topological polar surface area (TPSA) is 59.8 Å². The number of fused-ring (bicyclic) bond motifs is 1. The van der Waals surface area contributed by atoms with Gasteiger partial charge < -0.3 is 9.88 Å². The van der Waals surface area contributed by atoms with Crippen LogP contribution in [0.4, 0.5) is 23.4 Å². The lowest BCUT2D eigenvalue weighted by atomic mass is 10.1. The fourth-order valence-corrected chi connectivity index (χ4v) is 3.21. The zero-order valence-corrected chi connectivity index (χ0v) is 14.6. The number of nitrogens with one attached hydrogen (secondary N) is 1. The number of rotatable bonds is 6. The Balaban J connectivity index is 1.69. The largest absolute Gasteiger partial charge is 0.365 e. The molecule has 0 radical (unpaired) electrons. The molecule has 1 saturated carbocycles. The number of benzene rings is 1. The molecule has 1 N–H and O–H groups in total. The zero-order chi connectivity index (χ0) is 19.9. The summed E-state index contributed by atoms with van der Waals surface area (Å²) in [5, 5.41) is 3.37. The Hall–Kier alpha value is -2.97. The van der Waals surface area contributed by atoms with E-state index in [0.29, 0.717) is 29.6 Å². The van der Waals surface area contributed by atoms with Crippen molar-refractivity contribution in [1.29, 1.82) is 0 Å². The first-order chi connectivity index (χ1) is 13.4. The molecule has 0 atom stereocenters. The number of anilines is 1. The lowest BCUT2D eigenvalue weighted by molar-refractivity contribution is 0.146. The van der Waals surface area contributed by atoms with Crippen molar-refractivity contribution in [2.75, 3.05) is 12.0 Å². The molecule has 146 valence electrons. The fourth-order valence-electron chi connectivity index (χ4n) is 3.21. The minimum absolute atomic E-state index is 0.0558. The summed E-state index contributed by atoms with van der Waals surface area (Å²) in [6.45, 7) is -0.744. The molecule has 0 amide bonds. The molecular weight excluding hydrogens is 376 g/mol. The third-order valence-corrected chi connectivity index (χ3v) is 5.05. The summed E-state index contributed by atoms with van der Waals surface area (Å²) in [4.78, 5) is 20.5. The van der Waals surface area contributed by atoms with E-state index in [-0.39, 0.29) is 17.7 Å². The Labute approximate surface area is 157 Å². The second kappa shape index (κ2) is 6.88. The van der Waals surface area contributed by atoms with Crippen molar-refractivity contribution in [2.45, 2.75) is 31.4 Å². The van der Waals surface area contributed by atoms with Gasteiger partial charge in [-0.1, -0.05) is 18.2 Å². The van der Waals surface area contributed by atoms with E-state index in [4.69, 9.17) is 0 Å². The van der Waals surface area contributed by atoms with Gasteiger partial charge in [0.15, 0.2) is 0 Å². The molecule has 0 aliphatic heterocycles. The number of halogens is 4. The highest BCUT2D eigenvalue weighted by Gasteiger charge is 2.45. The number of nitrogens with zero attached hydrogens (tertiary/aromatic N) is 3. The minimum atomic E-state index is -2.91. The number of pyridine rings is 1. The van der Waals surface area contributed by atoms with Crippen LogP contribution >= 0.6 is 0 Å². The Morgan fingerprint density at radius 1 is 1.25 bits per heavy atom. The van der Waals surface area contributed by atoms with Gasteiger partial charge in [-0.2, -0.15) is 0 Å². The van der Waals surface area contributed by atoms with Crippen LogP contribution in [0, 0.1) is 5.82 Å². The van der Waals surface area contributed by atoms with Crippen molar-refractivity contribution in [3.8, 4) is 0 Å². The monoisotopic (exact) mass is 392 g/mol. The second-order valence-corrected chi connectivity index (χ2v) is 6.84. The Kier molecular flexibility index (Phi) is 4.52. The van der Waals surface area contributed by atoms with Crippen LogP contribution in [0.5, 0.6) is 0 Å². The summed E-state index contributed by atoms with van der Waals surface area (Å²) in [5.41, 5.74) is -1.44. The summed E-state index contributed by atoms with van der Waals surface area (Å²) >= 11 is 0. The summed E-state index contributed by atoms with van der Waals surface area (Å²) in [5.74, 6) is -0.676. The molecule has 28 heavy (non-hydrogen) atoms. The van der Waals surface area contributed by atoms with Crippen molar-refractivity contribution >= 4 is 16.7 Å². The number of hydrogen-bond acceptors (Lipinski definition) is 4. The molecule has 1 aliphatic rings. The van der Waals surface area contributed by atoms with Gasteiger partial charge in [-0.3, -0.25) is 4.79 Å². The summed E-state index contributed by atoms with van der Waals surface area (Å²) in [6.07, 6.45) is 0.958. The van der Waals surface area contributed by atoms with Crippen LogP contribution in [0.25, 0.3) is 10.9 Å². The highest BCUT2D eigenvalue weighted by molar-refractivity contribution is 5.88. The first-order valence-electron chi connectivity index (χ1n) is 8.68. The molecule has 0 bridgehead atoms. The highest BCUT2D eigenvalue weighted by Crippen LogP contribution is 2.43. The third-order valence-electron chi connectivity index (χ3n) is 5.05. The summed E-state index contributed by atoms with van der Waals surface area (Å²) in [6, 6.07) is 5.09. The molecule has 2 aromatic heterocycles. The summed E-state index contributed by atoms with van der Waals surface area (Å²) < 4.78 is 54.7. The Morgan fingerprint density at radius 2 is 2.04 bits per heavy atom. The van der Waals surface area contributed by atoms with Gasteiger partial charge in [-0.15, -0.1) is 0 Å². The zero-order valence-electron chi connectivity index (χ0n) is 14.6. The maximum atomic E-state index is 14.2. The van der Waals surface area contributed by atoms with E-state index in [0.717, 1.165) is 6.07 Å². The van der Waals surface area contributed by atoms with Crippen molar-refractivity contribution in [1.82, 2.24) is 14.5 Å². The molecule has 0 spiro atoms. The third kappa shape index (κ3) is 3.10. The molecule has 1 fully saturated rings. The SMILES string of the molecule is O=c1cc2ncnc(NCc3cccc(C(F)F)c3F)c2cn1C1(CF)CC1. The highest BCUT2D eigenvalue weighted by atomic mass is 19.3. The molecule has 0 unspecified atom stereocenters. The van der Waals surface area contributed by atoms with E-state index in [1.807, 2.05) is 0 Å². The fraction of sp³-hybridized carbons (Fsp3) is 0.316. The molecule has 4 rings (SSSR count).